The predicted octanol–water partition coefficient (Wildman–Crippen LogP) is 1.47. The van der Waals surface area contributed by atoms with Gasteiger partial charge in [-0.05, 0) is 32.3 Å². The molecule has 0 spiro atoms. The molecule has 8 atom stereocenters. The smallest absolute Gasteiger partial charge is 0.475 e. The summed E-state index contributed by atoms with van der Waals surface area (Å²) in [6.45, 7) is -0.0709. The number of carboxylic acid groups (broad SMARTS) is 1. The van der Waals surface area contributed by atoms with Crippen molar-refractivity contribution in [2.45, 2.75) is 93.7 Å². The monoisotopic (exact) mass is 932 g/mol. The Kier molecular flexibility index (Phi) is 21.2. The molecule has 0 aromatic carbocycles. The van der Waals surface area contributed by atoms with Crippen molar-refractivity contribution < 1.29 is 85.2 Å². The molecular weight excluding hydrogens is 882 g/mol. The Morgan fingerprint density at radius 2 is 1.70 bits per heavy atom. The Hall–Kier alpha value is -3.55. The van der Waals surface area contributed by atoms with Gasteiger partial charge in [-0.3, -0.25) is 33.1 Å². The van der Waals surface area contributed by atoms with E-state index in [1.54, 1.807) is 11.8 Å². The van der Waals surface area contributed by atoms with Gasteiger partial charge in [0.15, 0.2) is 12.7 Å². The van der Waals surface area contributed by atoms with Gasteiger partial charge in [0.1, 0.15) is 23.5 Å². The number of hydrogen-bond donors (Lipinski definition) is 5. The summed E-state index contributed by atoms with van der Waals surface area (Å²) in [7, 11) is -5.11. The average Bonchev–Trinajstić information content (AvgIpc) is 3.40. The van der Waals surface area contributed by atoms with Crippen molar-refractivity contribution in [3.8, 4) is 0 Å². The van der Waals surface area contributed by atoms with Crippen LogP contribution in [-0.2, 0) is 61.3 Å². The lowest BCUT2D eigenvalue weighted by Crippen LogP contribution is -2.41. The van der Waals surface area contributed by atoms with Crippen molar-refractivity contribution >= 4 is 72.5 Å². The maximum Gasteiger partial charge on any atom is 0.475 e. The lowest BCUT2D eigenvalue weighted by molar-refractivity contribution is -0.163. The van der Waals surface area contributed by atoms with Crippen LogP contribution < -0.4 is 16.7 Å². The number of nitrogens with zero attached hydrogens (tertiary/aromatic N) is 2. The molecule has 1 aliphatic heterocycles. The number of esters is 2. The highest BCUT2D eigenvalue weighted by molar-refractivity contribution is 8.04. The number of halogens is 2. The summed E-state index contributed by atoms with van der Waals surface area (Å²) in [6.07, 6.45) is -4.04. The van der Waals surface area contributed by atoms with Crippen LogP contribution in [0.3, 0.4) is 0 Å². The van der Waals surface area contributed by atoms with Crippen molar-refractivity contribution in [1.29, 1.82) is 0 Å². The number of aliphatic hydroxyl groups excluding tert-OH is 1. The van der Waals surface area contributed by atoms with Gasteiger partial charge in [0.2, 0.25) is 18.9 Å². The van der Waals surface area contributed by atoms with Gasteiger partial charge in [-0.2, -0.15) is 37.3 Å². The van der Waals surface area contributed by atoms with E-state index < -0.39 is 99.9 Å². The zero-order valence-corrected chi connectivity index (χ0v) is 35.9. The van der Waals surface area contributed by atoms with Crippen LogP contribution in [0.15, 0.2) is 17.1 Å². The summed E-state index contributed by atoms with van der Waals surface area (Å²) in [5.74, 6) is -8.65. The van der Waals surface area contributed by atoms with Crippen LogP contribution in [0.4, 0.5) is 14.6 Å². The summed E-state index contributed by atoms with van der Waals surface area (Å²) in [5, 5.41) is 22.4. The minimum absolute atomic E-state index is 0.0220. The number of ether oxygens (including phenoxy) is 4. The number of hydrogen-bond acceptors (Lipinski definition) is 19. The van der Waals surface area contributed by atoms with E-state index in [-0.39, 0.29) is 72.7 Å². The number of anilines is 1. The van der Waals surface area contributed by atoms with Gasteiger partial charge in [-0.15, -0.1) is 0 Å². The number of phosphoric ester groups is 1. The van der Waals surface area contributed by atoms with Gasteiger partial charge in [-0.25, -0.2) is 18.7 Å². The number of aliphatic carboxylic acids is 1. The first kappa shape index (κ1) is 51.8. The van der Waals surface area contributed by atoms with Gasteiger partial charge in [0.25, 0.3) is 0 Å². The maximum atomic E-state index is 14.7. The highest BCUT2D eigenvalue weighted by atomic mass is 32.2. The van der Waals surface area contributed by atoms with Gasteiger partial charge in [0, 0.05) is 54.0 Å². The Morgan fingerprint density at radius 3 is 2.31 bits per heavy atom. The van der Waals surface area contributed by atoms with Crippen LogP contribution in [0.25, 0.3) is 0 Å². The molecule has 6 N–H and O–H groups in total. The van der Waals surface area contributed by atoms with Crippen LogP contribution in [-0.4, -0.2) is 140 Å². The highest BCUT2D eigenvalue weighted by Crippen LogP contribution is 2.47. The van der Waals surface area contributed by atoms with Crippen molar-refractivity contribution in [3.63, 3.8) is 0 Å². The number of amides is 1. The number of Topliss-reactive ketones (excluding diaryl/α,β-unsaturated/α-hetero) is 2. The number of thioether (sulfide) groups is 2. The number of aliphatic hydroxyl groups is 1. The van der Waals surface area contributed by atoms with E-state index in [9.17, 15) is 62.0 Å². The van der Waals surface area contributed by atoms with Crippen LogP contribution in [0.2, 0.25) is 0 Å². The van der Waals surface area contributed by atoms with Crippen LogP contribution >= 0.6 is 31.3 Å². The van der Waals surface area contributed by atoms with Gasteiger partial charge < -0.3 is 45.1 Å². The fourth-order valence-corrected chi connectivity index (χ4v) is 9.51. The number of alkyl halides is 2. The number of carboxylic acids is 1. The number of carbonyl (C=O) groups is 6. The fourth-order valence-electron chi connectivity index (χ4n) is 5.53. The summed E-state index contributed by atoms with van der Waals surface area (Å²) >= 11 is 3.10. The maximum absolute atomic E-state index is 14.7. The molecule has 2 heterocycles. The van der Waals surface area contributed by atoms with E-state index in [0.717, 1.165) is 25.1 Å². The predicted molar refractivity (Wildman–Crippen MR) is 211 cm³/mol. The zero-order valence-electron chi connectivity index (χ0n) is 33.4. The number of rotatable bonds is 29. The lowest BCUT2D eigenvalue weighted by atomic mass is 9.99. The Labute approximate surface area is 357 Å². The minimum Gasteiger partial charge on any atom is -0.481 e. The molecule has 2 fully saturated rings. The van der Waals surface area contributed by atoms with Crippen molar-refractivity contribution in [2.75, 3.05) is 57.0 Å². The van der Waals surface area contributed by atoms with E-state index in [4.69, 9.17) is 19.9 Å². The Morgan fingerprint density at radius 1 is 1.05 bits per heavy atom. The zero-order chi connectivity index (χ0) is 45.3. The molecule has 1 aromatic heterocycles. The summed E-state index contributed by atoms with van der Waals surface area (Å²) < 4.78 is 70.7. The number of nitrogens with one attached hydrogen (secondary N) is 1. The second-order valence-electron chi connectivity index (χ2n) is 13.9. The molecule has 2 aliphatic rings. The third-order valence-electron chi connectivity index (χ3n) is 9.28. The van der Waals surface area contributed by atoms with Gasteiger partial charge in [0.05, 0.1) is 38.1 Å². The molecule has 5 unspecified atom stereocenters. The molecule has 3 rings (SSSR count). The molecule has 1 saturated heterocycles. The van der Waals surface area contributed by atoms with E-state index >= 15 is 0 Å². The van der Waals surface area contributed by atoms with E-state index in [2.05, 4.69) is 24.1 Å². The SMILES string of the molecule is CCC(CSC1CCC1SCC(CC(=O)CCOCCC(C)=O)C(=O)NCCC(=O)OCC(=O)OCOP(=O)(O)OC[C@H]1O[C@@H](n2ccc(N)nc2=O)C(F)(F)[C@@H]1O)C(=O)O. The highest BCUT2D eigenvalue weighted by Gasteiger charge is 2.60. The molecular formula is C35H51F2N4O17PS2. The second kappa shape index (κ2) is 24.9. The molecule has 0 bridgehead atoms. The van der Waals surface area contributed by atoms with Crippen LogP contribution in [0.1, 0.15) is 65.0 Å². The standard InChI is InChI=1S/C35H51F2N4O17PS2/c1-3-21(32(48)49)17-60-25-4-5-26(25)61-18-22(14-23(43)9-13-53-12-8-20(2)42)31(47)39-10-6-28(44)54-16-29(45)55-19-57-59(51,52)56-15-24-30(46)35(36,37)33(58-24)41-11-7-27(38)40-34(41)50/h7,11,21-22,24-26,30,33,46H,3-6,8-10,12-19H2,1-2H3,(H,39,47)(H,48,49)(H,51,52)(H2,38,40,50)/t21?,22?,24-,25?,26?,30-,33-/m1/s1. The molecule has 1 amide bonds. The third kappa shape index (κ3) is 17.3. The summed E-state index contributed by atoms with van der Waals surface area (Å²) in [6, 6.07) is 1.03. The number of ketones is 2. The molecule has 61 heavy (non-hydrogen) atoms. The van der Waals surface area contributed by atoms with E-state index in [1.165, 1.54) is 18.7 Å². The molecule has 1 saturated carbocycles. The number of aromatic nitrogens is 2. The molecule has 1 aromatic rings. The van der Waals surface area contributed by atoms with Crippen molar-refractivity contribution in [2.24, 2.45) is 11.8 Å². The van der Waals surface area contributed by atoms with Crippen molar-refractivity contribution in [3.05, 3.63) is 22.7 Å². The summed E-state index contributed by atoms with van der Waals surface area (Å²) in [4.78, 5) is 98.0. The molecule has 344 valence electrons. The quantitative estimate of drug-likeness (QED) is 0.0329. The first-order valence-corrected chi connectivity index (χ1v) is 22.6. The molecule has 1 aliphatic carbocycles. The average molecular weight is 933 g/mol. The first-order valence-electron chi connectivity index (χ1n) is 19.1. The topological polar surface area (TPSA) is 308 Å². The lowest BCUT2D eigenvalue weighted by Gasteiger charge is -2.36. The molecule has 26 heteroatoms. The van der Waals surface area contributed by atoms with Gasteiger partial charge in [-0.1, -0.05) is 6.92 Å². The van der Waals surface area contributed by atoms with Crippen LogP contribution in [0.5, 0.6) is 0 Å². The molecule has 21 nitrogen and oxygen atoms in total. The Bertz CT molecular complexity index is 1800. The van der Waals surface area contributed by atoms with E-state index in [1.807, 2.05) is 6.92 Å². The van der Waals surface area contributed by atoms with Crippen molar-refractivity contribution in [1.82, 2.24) is 14.9 Å². The first-order chi connectivity index (χ1) is 28.7. The number of nitrogen functional groups attached to an aromatic ring is 1. The minimum atomic E-state index is -5.11. The largest absolute Gasteiger partial charge is 0.481 e. The summed E-state index contributed by atoms with van der Waals surface area (Å²) in [5.41, 5.74) is 4.14. The number of carbonyl (C=O) groups excluding carboxylic acids is 5. The number of nitrogens with two attached hydrogens (primary N) is 1. The van der Waals surface area contributed by atoms with Gasteiger partial charge >= 0.3 is 37.3 Å². The second-order valence-corrected chi connectivity index (χ2v) is 17.9. The number of phosphoric acid groups is 1. The van der Waals surface area contributed by atoms with Crippen LogP contribution in [0, 0.1) is 11.8 Å². The van der Waals surface area contributed by atoms with E-state index in [0.29, 0.717) is 16.7 Å². The fraction of sp³-hybridized carbons (Fsp3) is 0.714. The Balaban J connectivity index is 1.39. The molecule has 0 radical (unpaired) electrons. The third-order valence-corrected chi connectivity index (χ3v) is 13.5. The normalized spacial score (nSPS) is 22.6.